The van der Waals surface area contributed by atoms with Crippen molar-refractivity contribution < 1.29 is 14.1 Å². The smallest absolute Gasteiger partial charge is 0.262 e. The van der Waals surface area contributed by atoms with Gasteiger partial charge in [0.05, 0.1) is 0 Å². The number of anilines is 1. The Morgan fingerprint density at radius 3 is 2.37 bits per heavy atom. The normalized spacial score (nSPS) is 10.6. The topological polar surface area (TPSA) is 77.2 Å². The lowest BCUT2D eigenvalue weighted by atomic mass is 10.1. The molecule has 1 aromatic heterocycles. The Kier molecular flexibility index (Phi) is 5.57. The number of benzene rings is 3. The van der Waals surface area contributed by atoms with Crippen LogP contribution in [-0.4, -0.2) is 22.7 Å². The minimum Gasteiger partial charge on any atom is -0.484 e. The van der Waals surface area contributed by atoms with E-state index in [1.807, 2.05) is 74.5 Å². The second kappa shape index (κ2) is 8.61. The van der Waals surface area contributed by atoms with E-state index in [4.69, 9.17) is 9.26 Å². The molecule has 150 valence electrons. The van der Waals surface area contributed by atoms with Gasteiger partial charge in [-0.1, -0.05) is 53.2 Å². The molecule has 4 rings (SSSR count). The Morgan fingerprint density at radius 2 is 1.63 bits per heavy atom. The lowest BCUT2D eigenvalue weighted by Crippen LogP contribution is -2.20. The van der Waals surface area contributed by atoms with Crippen LogP contribution in [-0.2, 0) is 4.79 Å². The van der Waals surface area contributed by atoms with Crippen molar-refractivity contribution in [3.63, 3.8) is 0 Å². The van der Waals surface area contributed by atoms with Gasteiger partial charge in [-0.15, -0.1) is 0 Å². The van der Waals surface area contributed by atoms with Gasteiger partial charge in [-0.3, -0.25) is 4.79 Å². The van der Waals surface area contributed by atoms with Gasteiger partial charge in [0.1, 0.15) is 5.75 Å². The van der Waals surface area contributed by atoms with Crippen LogP contribution in [0.15, 0.2) is 77.3 Å². The fraction of sp³-hybridized carbons (Fsp3) is 0.125. The summed E-state index contributed by atoms with van der Waals surface area (Å²) in [7, 11) is 0. The van der Waals surface area contributed by atoms with E-state index in [9.17, 15) is 4.79 Å². The summed E-state index contributed by atoms with van der Waals surface area (Å²) in [5, 5.41) is 6.89. The molecule has 0 spiro atoms. The summed E-state index contributed by atoms with van der Waals surface area (Å²) in [4.78, 5) is 16.6. The quantitative estimate of drug-likeness (QED) is 0.492. The van der Waals surface area contributed by atoms with Crippen molar-refractivity contribution in [2.75, 3.05) is 11.9 Å². The van der Waals surface area contributed by atoms with Gasteiger partial charge in [0.15, 0.2) is 6.61 Å². The van der Waals surface area contributed by atoms with Crippen molar-refractivity contribution in [2.45, 2.75) is 13.8 Å². The molecule has 1 heterocycles. The Balaban J connectivity index is 1.37. The lowest BCUT2D eigenvalue weighted by molar-refractivity contribution is -0.118. The van der Waals surface area contributed by atoms with E-state index in [1.54, 1.807) is 12.1 Å². The summed E-state index contributed by atoms with van der Waals surface area (Å²) < 4.78 is 11.0. The molecule has 6 heteroatoms. The van der Waals surface area contributed by atoms with Gasteiger partial charge < -0.3 is 14.6 Å². The number of para-hydroxylation sites is 1. The molecule has 0 saturated carbocycles. The SMILES string of the molecule is Cc1ccc(-c2noc(-c3ccc(OCC(=O)Nc4ccccc4C)cc3)n2)cc1. The molecule has 0 aliphatic heterocycles. The van der Waals surface area contributed by atoms with Crippen molar-refractivity contribution >= 4 is 11.6 Å². The maximum Gasteiger partial charge on any atom is 0.262 e. The van der Waals surface area contributed by atoms with Crippen molar-refractivity contribution in [1.29, 1.82) is 0 Å². The predicted molar refractivity (Wildman–Crippen MR) is 115 cm³/mol. The molecule has 6 nitrogen and oxygen atoms in total. The first-order chi connectivity index (χ1) is 14.6. The van der Waals surface area contributed by atoms with Crippen LogP contribution in [0.2, 0.25) is 0 Å². The van der Waals surface area contributed by atoms with Crippen molar-refractivity contribution in [3.8, 4) is 28.6 Å². The predicted octanol–water partition coefficient (Wildman–Crippen LogP) is 5.04. The molecular formula is C24H21N3O3. The van der Waals surface area contributed by atoms with Crippen LogP contribution in [0.1, 0.15) is 11.1 Å². The van der Waals surface area contributed by atoms with Gasteiger partial charge in [-0.25, -0.2) is 0 Å². The molecule has 0 saturated heterocycles. The van der Waals surface area contributed by atoms with E-state index in [0.717, 1.165) is 22.4 Å². The molecule has 0 fully saturated rings. The Morgan fingerprint density at radius 1 is 0.933 bits per heavy atom. The number of amides is 1. The highest BCUT2D eigenvalue weighted by atomic mass is 16.5. The third kappa shape index (κ3) is 4.55. The molecule has 0 aliphatic rings. The van der Waals surface area contributed by atoms with Gasteiger partial charge in [0, 0.05) is 16.8 Å². The van der Waals surface area contributed by atoms with Crippen LogP contribution in [0.3, 0.4) is 0 Å². The first kappa shape index (κ1) is 19.4. The standard InChI is InChI=1S/C24H21N3O3/c1-16-7-9-18(10-8-16)23-26-24(30-27-23)19-11-13-20(14-12-19)29-15-22(28)25-21-6-4-3-5-17(21)2/h3-14H,15H2,1-2H3,(H,25,28). The number of aromatic nitrogens is 2. The number of carbonyl (C=O) groups excluding carboxylic acids is 1. The van der Waals surface area contributed by atoms with Crippen LogP contribution < -0.4 is 10.1 Å². The Bertz CT molecular complexity index is 1150. The van der Waals surface area contributed by atoms with Crippen LogP contribution in [0.5, 0.6) is 5.75 Å². The summed E-state index contributed by atoms with van der Waals surface area (Å²) in [6.07, 6.45) is 0. The molecule has 30 heavy (non-hydrogen) atoms. The average Bonchev–Trinajstić information content (AvgIpc) is 3.25. The zero-order chi connectivity index (χ0) is 20.9. The summed E-state index contributed by atoms with van der Waals surface area (Å²) in [6.45, 7) is 3.89. The molecule has 0 unspecified atom stereocenters. The van der Waals surface area contributed by atoms with Gasteiger partial charge in [-0.2, -0.15) is 4.98 Å². The second-order valence-corrected chi connectivity index (χ2v) is 6.97. The monoisotopic (exact) mass is 399 g/mol. The van der Waals surface area contributed by atoms with Crippen LogP contribution in [0.25, 0.3) is 22.8 Å². The fourth-order valence-corrected chi connectivity index (χ4v) is 2.90. The molecule has 4 aromatic rings. The zero-order valence-electron chi connectivity index (χ0n) is 16.8. The van der Waals surface area contributed by atoms with Crippen LogP contribution in [0.4, 0.5) is 5.69 Å². The minimum atomic E-state index is -0.215. The first-order valence-corrected chi connectivity index (χ1v) is 9.58. The van der Waals surface area contributed by atoms with E-state index < -0.39 is 0 Å². The highest BCUT2D eigenvalue weighted by Gasteiger charge is 2.11. The van der Waals surface area contributed by atoms with Crippen molar-refractivity contribution in [1.82, 2.24) is 10.1 Å². The Labute approximate surface area is 174 Å². The molecule has 1 N–H and O–H groups in total. The highest BCUT2D eigenvalue weighted by molar-refractivity contribution is 5.92. The average molecular weight is 399 g/mol. The summed E-state index contributed by atoms with van der Waals surface area (Å²) in [5.41, 5.74) is 4.63. The van der Waals surface area contributed by atoms with E-state index in [2.05, 4.69) is 15.5 Å². The molecule has 0 atom stereocenters. The molecule has 1 amide bonds. The number of nitrogens with one attached hydrogen (secondary N) is 1. The van der Waals surface area contributed by atoms with Gasteiger partial charge in [0.25, 0.3) is 11.8 Å². The maximum atomic E-state index is 12.1. The zero-order valence-corrected chi connectivity index (χ0v) is 16.8. The third-order valence-electron chi connectivity index (χ3n) is 4.63. The largest absolute Gasteiger partial charge is 0.484 e. The van der Waals surface area contributed by atoms with Crippen LogP contribution >= 0.6 is 0 Å². The van der Waals surface area contributed by atoms with E-state index in [1.165, 1.54) is 5.56 Å². The summed E-state index contributed by atoms with van der Waals surface area (Å²) in [5.74, 6) is 1.33. The minimum absolute atomic E-state index is 0.0776. The van der Waals surface area contributed by atoms with Crippen LogP contribution in [0, 0.1) is 13.8 Å². The molecular weight excluding hydrogens is 378 g/mol. The maximum absolute atomic E-state index is 12.1. The number of rotatable bonds is 6. The molecule has 0 bridgehead atoms. The molecule has 0 aliphatic carbocycles. The molecule has 0 radical (unpaired) electrons. The van der Waals surface area contributed by atoms with Crippen molar-refractivity contribution in [2.24, 2.45) is 0 Å². The van der Waals surface area contributed by atoms with Gasteiger partial charge in [0.2, 0.25) is 5.82 Å². The van der Waals surface area contributed by atoms with E-state index in [-0.39, 0.29) is 12.5 Å². The number of nitrogens with zero attached hydrogens (tertiary/aromatic N) is 2. The summed E-state index contributed by atoms with van der Waals surface area (Å²) in [6, 6.07) is 22.7. The molecule has 3 aromatic carbocycles. The number of aryl methyl sites for hydroxylation is 2. The number of ether oxygens (including phenoxy) is 1. The van der Waals surface area contributed by atoms with E-state index >= 15 is 0 Å². The number of hydrogen-bond donors (Lipinski definition) is 1. The van der Waals surface area contributed by atoms with E-state index in [0.29, 0.717) is 17.5 Å². The fourth-order valence-electron chi connectivity index (χ4n) is 2.90. The second-order valence-electron chi connectivity index (χ2n) is 6.97. The van der Waals surface area contributed by atoms with Gasteiger partial charge >= 0.3 is 0 Å². The highest BCUT2D eigenvalue weighted by Crippen LogP contribution is 2.24. The Hall–Kier alpha value is -3.93. The van der Waals surface area contributed by atoms with Crippen molar-refractivity contribution in [3.05, 3.63) is 83.9 Å². The summed E-state index contributed by atoms with van der Waals surface area (Å²) >= 11 is 0. The number of hydrogen-bond acceptors (Lipinski definition) is 5. The first-order valence-electron chi connectivity index (χ1n) is 9.58. The number of carbonyl (C=O) groups is 1. The van der Waals surface area contributed by atoms with Gasteiger partial charge in [-0.05, 0) is 49.7 Å². The third-order valence-corrected chi connectivity index (χ3v) is 4.63. The lowest BCUT2D eigenvalue weighted by Gasteiger charge is -2.09.